The summed E-state index contributed by atoms with van der Waals surface area (Å²) in [5.41, 5.74) is 3.37. The van der Waals surface area contributed by atoms with Crippen molar-refractivity contribution in [3.63, 3.8) is 0 Å². The minimum atomic E-state index is -0.622. The fraction of sp³-hybridized carbons (Fsp3) is 0.167. The number of carbonyl (C=O) groups is 1. The highest BCUT2D eigenvalue weighted by Crippen LogP contribution is 2.30. The minimum absolute atomic E-state index is 0.218. The Morgan fingerprint density at radius 2 is 1.68 bits per heavy atom. The van der Waals surface area contributed by atoms with Gasteiger partial charge < -0.3 is 9.47 Å². The van der Waals surface area contributed by atoms with Crippen molar-refractivity contribution in [2.75, 3.05) is 6.61 Å². The SMILES string of the molecule is CCOC(=O)C1=C(C)N=c2sc(=Cc3ccccc3OCc3ccccc3)c(=O)n2C1c1ccccc1. The van der Waals surface area contributed by atoms with Crippen molar-refractivity contribution >= 4 is 23.4 Å². The van der Waals surface area contributed by atoms with Gasteiger partial charge in [0.1, 0.15) is 12.4 Å². The van der Waals surface area contributed by atoms with Crippen LogP contribution in [-0.4, -0.2) is 17.1 Å². The lowest BCUT2D eigenvalue weighted by Gasteiger charge is -2.24. The van der Waals surface area contributed by atoms with E-state index in [1.165, 1.54) is 11.3 Å². The molecule has 0 bridgehead atoms. The van der Waals surface area contributed by atoms with Crippen molar-refractivity contribution in [1.82, 2.24) is 4.57 Å². The number of rotatable bonds is 7. The second-order valence-corrected chi connectivity index (χ2v) is 9.53. The summed E-state index contributed by atoms with van der Waals surface area (Å²) in [7, 11) is 0. The molecule has 1 atom stereocenters. The number of fused-ring (bicyclic) bond motifs is 1. The van der Waals surface area contributed by atoms with Gasteiger partial charge in [-0.2, -0.15) is 0 Å². The highest BCUT2D eigenvalue weighted by molar-refractivity contribution is 7.07. The van der Waals surface area contributed by atoms with Gasteiger partial charge in [0.25, 0.3) is 5.56 Å². The molecule has 0 fully saturated rings. The lowest BCUT2D eigenvalue weighted by Crippen LogP contribution is -2.39. The molecule has 0 N–H and O–H groups in total. The summed E-state index contributed by atoms with van der Waals surface area (Å²) < 4.78 is 13.5. The van der Waals surface area contributed by atoms with E-state index in [0.717, 1.165) is 16.7 Å². The van der Waals surface area contributed by atoms with E-state index in [2.05, 4.69) is 4.99 Å². The van der Waals surface area contributed by atoms with Gasteiger partial charge in [0, 0.05) is 5.56 Å². The number of benzene rings is 3. The topological polar surface area (TPSA) is 69.9 Å². The minimum Gasteiger partial charge on any atom is -0.488 e. The van der Waals surface area contributed by atoms with Crippen molar-refractivity contribution < 1.29 is 14.3 Å². The van der Waals surface area contributed by atoms with Gasteiger partial charge in [-0.1, -0.05) is 90.2 Å². The van der Waals surface area contributed by atoms with Gasteiger partial charge in [-0.15, -0.1) is 0 Å². The van der Waals surface area contributed by atoms with E-state index in [1.807, 2.05) is 91.0 Å². The number of aromatic nitrogens is 1. The third-order valence-corrected chi connectivity index (χ3v) is 7.06. The Kier molecular flexibility index (Phi) is 7.14. The highest BCUT2D eigenvalue weighted by Gasteiger charge is 2.33. The first kappa shape index (κ1) is 24.5. The standard InChI is InChI=1S/C30H26N2O4S/c1-3-35-29(34)26-20(2)31-30-32(27(26)22-14-8-5-9-15-22)28(33)25(37-30)18-23-16-10-11-17-24(23)36-19-21-12-6-4-7-13-21/h4-18,27H,3,19H2,1-2H3. The second kappa shape index (κ2) is 10.8. The summed E-state index contributed by atoms with van der Waals surface area (Å²) in [6, 6.07) is 26.4. The number of ether oxygens (including phenoxy) is 2. The first-order valence-corrected chi connectivity index (χ1v) is 12.9. The maximum atomic E-state index is 13.8. The lowest BCUT2D eigenvalue weighted by molar-refractivity contribution is -0.139. The van der Waals surface area contributed by atoms with Gasteiger partial charge in [0.15, 0.2) is 4.80 Å². The average Bonchev–Trinajstić information content (AvgIpc) is 3.22. The van der Waals surface area contributed by atoms with Crippen molar-refractivity contribution in [1.29, 1.82) is 0 Å². The van der Waals surface area contributed by atoms with E-state index in [1.54, 1.807) is 18.4 Å². The number of carbonyl (C=O) groups excluding carboxylic acids is 1. The molecule has 1 unspecified atom stereocenters. The Labute approximate surface area is 218 Å². The van der Waals surface area contributed by atoms with E-state index in [-0.39, 0.29) is 12.2 Å². The van der Waals surface area contributed by atoms with Crippen molar-refractivity contribution in [3.8, 4) is 5.75 Å². The molecule has 3 aromatic carbocycles. The molecule has 5 rings (SSSR count). The van der Waals surface area contributed by atoms with Crippen molar-refractivity contribution in [3.05, 3.63) is 133 Å². The third-order valence-electron chi connectivity index (χ3n) is 6.08. The first-order chi connectivity index (χ1) is 18.1. The summed E-state index contributed by atoms with van der Waals surface area (Å²) in [5, 5.41) is 0. The van der Waals surface area contributed by atoms with Crippen LogP contribution in [0, 0.1) is 0 Å². The molecular formula is C30H26N2O4S. The maximum absolute atomic E-state index is 13.8. The van der Waals surface area contributed by atoms with Crippen LogP contribution in [0.2, 0.25) is 0 Å². The first-order valence-electron chi connectivity index (χ1n) is 12.1. The summed E-state index contributed by atoms with van der Waals surface area (Å²) in [4.78, 5) is 31.9. The molecule has 0 aliphatic carbocycles. The van der Waals surface area contributed by atoms with E-state index in [9.17, 15) is 9.59 Å². The van der Waals surface area contributed by atoms with Gasteiger partial charge in [0.05, 0.1) is 28.5 Å². The van der Waals surface area contributed by atoms with Crippen LogP contribution in [0.3, 0.4) is 0 Å². The van der Waals surface area contributed by atoms with Gasteiger partial charge in [-0.25, -0.2) is 9.79 Å². The zero-order chi connectivity index (χ0) is 25.8. The van der Waals surface area contributed by atoms with Gasteiger partial charge in [0.2, 0.25) is 0 Å². The molecule has 0 saturated carbocycles. The molecule has 0 spiro atoms. The number of hydrogen-bond acceptors (Lipinski definition) is 6. The molecule has 37 heavy (non-hydrogen) atoms. The fourth-order valence-corrected chi connectivity index (χ4v) is 5.39. The second-order valence-electron chi connectivity index (χ2n) is 8.53. The molecule has 1 aliphatic rings. The van der Waals surface area contributed by atoms with Crippen LogP contribution in [0.5, 0.6) is 5.75 Å². The monoisotopic (exact) mass is 510 g/mol. The number of thiazole rings is 1. The number of allylic oxidation sites excluding steroid dienone is 1. The van der Waals surface area contributed by atoms with Crippen LogP contribution in [0.25, 0.3) is 6.08 Å². The molecule has 4 aromatic rings. The molecule has 0 saturated heterocycles. The Morgan fingerprint density at radius 1 is 1.00 bits per heavy atom. The zero-order valence-corrected chi connectivity index (χ0v) is 21.4. The molecule has 0 amide bonds. The average molecular weight is 511 g/mol. The van der Waals surface area contributed by atoms with Crippen LogP contribution in [0.15, 0.2) is 106 Å². The van der Waals surface area contributed by atoms with E-state index >= 15 is 0 Å². The van der Waals surface area contributed by atoms with E-state index in [4.69, 9.17) is 9.47 Å². The molecule has 186 valence electrons. The smallest absolute Gasteiger partial charge is 0.338 e. The molecule has 7 heteroatoms. The number of nitrogens with zero attached hydrogens (tertiary/aromatic N) is 2. The molecule has 1 aliphatic heterocycles. The number of hydrogen-bond donors (Lipinski definition) is 0. The van der Waals surface area contributed by atoms with E-state index < -0.39 is 12.0 Å². The van der Waals surface area contributed by atoms with Crippen molar-refractivity contribution in [2.24, 2.45) is 4.99 Å². The van der Waals surface area contributed by atoms with Crippen LogP contribution in [-0.2, 0) is 16.1 Å². The predicted octanol–water partition coefficient (Wildman–Crippen LogP) is 4.38. The molecular weight excluding hydrogens is 484 g/mol. The quantitative estimate of drug-likeness (QED) is 0.346. The van der Waals surface area contributed by atoms with Gasteiger partial charge in [-0.3, -0.25) is 9.36 Å². The Morgan fingerprint density at radius 3 is 2.41 bits per heavy atom. The van der Waals surface area contributed by atoms with Crippen LogP contribution >= 0.6 is 11.3 Å². The highest BCUT2D eigenvalue weighted by atomic mass is 32.1. The maximum Gasteiger partial charge on any atom is 0.338 e. The summed E-state index contributed by atoms with van der Waals surface area (Å²) in [6.45, 7) is 4.20. The van der Waals surface area contributed by atoms with E-state index in [0.29, 0.717) is 33.0 Å². The number of esters is 1. The molecule has 6 nitrogen and oxygen atoms in total. The molecule has 2 heterocycles. The van der Waals surface area contributed by atoms with Crippen LogP contribution in [0.1, 0.15) is 36.6 Å². The van der Waals surface area contributed by atoms with Crippen molar-refractivity contribution in [2.45, 2.75) is 26.5 Å². The van der Waals surface area contributed by atoms with Crippen LogP contribution in [0.4, 0.5) is 0 Å². The Balaban J connectivity index is 1.60. The summed E-state index contributed by atoms with van der Waals surface area (Å²) >= 11 is 1.30. The number of para-hydroxylation sites is 1. The summed E-state index contributed by atoms with van der Waals surface area (Å²) in [5.74, 6) is 0.215. The molecule has 0 radical (unpaired) electrons. The van der Waals surface area contributed by atoms with Gasteiger partial charge >= 0.3 is 5.97 Å². The fourth-order valence-electron chi connectivity index (χ4n) is 4.35. The lowest BCUT2D eigenvalue weighted by atomic mass is 9.96. The van der Waals surface area contributed by atoms with Crippen LogP contribution < -0.4 is 19.6 Å². The molecule has 1 aromatic heterocycles. The Bertz CT molecular complexity index is 1640. The zero-order valence-electron chi connectivity index (χ0n) is 20.6. The largest absolute Gasteiger partial charge is 0.488 e. The normalized spacial score (nSPS) is 15.2. The predicted molar refractivity (Wildman–Crippen MR) is 144 cm³/mol. The third kappa shape index (κ3) is 5.04. The Hall–Kier alpha value is -4.23. The summed E-state index contributed by atoms with van der Waals surface area (Å²) in [6.07, 6.45) is 1.83. The van der Waals surface area contributed by atoms with Gasteiger partial charge in [-0.05, 0) is 37.1 Å².